The lowest BCUT2D eigenvalue weighted by Crippen LogP contribution is -2.22. The lowest BCUT2D eigenvalue weighted by molar-refractivity contribution is -0.115. The zero-order valence-corrected chi connectivity index (χ0v) is 35.1. The van der Waals surface area contributed by atoms with E-state index < -0.39 is 6.10 Å². The lowest BCUT2D eigenvalue weighted by Gasteiger charge is -2.25. The highest BCUT2D eigenvalue weighted by atomic mass is 32.1. The number of aliphatic imine (C=N–C) groups is 1. The monoisotopic (exact) mass is 815 g/mol. The molecule has 1 atom stereocenters. The van der Waals surface area contributed by atoms with Crippen LogP contribution in [0.25, 0.3) is 10.9 Å². The van der Waals surface area contributed by atoms with Gasteiger partial charge in [0.15, 0.2) is 16.9 Å². The van der Waals surface area contributed by atoms with Crippen molar-refractivity contribution in [1.82, 2.24) is 4.37 Å². The summed E-state index contributed by atoms with van der Waals surface area (Å²) in [6, 6.07) is 24.4. The SMILES string of the molecule is CCCCCCCCCCCCOc1ccccc1C(Oc1c(NC(C)=O)cc(N=Nc2snc3ccc(NC(C)=O)cc23)cc1NC(C)=O)C1=Nc2ccccc2C1. The fourth-order valence-electron chi connectivity index (χ4n) is 7.09. The van der Waals surface area contributed by atoms with Crippen molar-refractivity contribution in [3.05, 3.63) is 90.0 Å². The molecule has 2 heterocycles. The molecule has 1 aliphatic rings. The van der Waals surface area contributed by atoms with Crippen molar-refractivity contribution in [2.45, 2.75) is 104 Å². The molecule has 1 unspecified atom stereocenters. The minimum absolute atomic E-state index is 0.193. The van der Waals surface area contributed by atoms with Crippen LogP contribution in [0.3, 0.4) is 0 Å². The number of amides is 3. The Morgan fingerprint density at radius 2 is 1.39 bits per heavy atom. The fraction of sp³-hybridized carbons (Fsp3) is 0.370. The molecule has 13 heteroatoms. The number of carbonyl (C=O) groups is 3. The van der Waals surface area contributed by atoms with Crippen molar-refractivity contribution in [2.24, 2.45) is 15.2 Å². The second kappa shape index (κ2) is 21.2. The number of unbranched alkanes of at least 4 members (excludes halogenated alkanes) is 9. The van der Waals surface area contributed by atoms with Gasteiger partial charge in [-0.25, -0.2) is 0 Å². The number of ether oxygens (including phenoxy) is 2. The van der Waals surface area contributed by atoms with E-state index in [1.54, 1.807) is 30.3 Å². The smallest absolute Gasteiger partial charge is 0.221 e. The summed E-state index contributed by atoms with van der Waals surface area (Å²) in [4.78, 5) is 42.2. The molecule has 59 heavy (non-hydrogen) atoms. The Bertz CT molecular complexity index is 2280. The summed E-state index contributed by atoms with van der Waals surface area (Å²) in [5.41, 5.74) is 5.67. The molecule has 0 radical (unpaired) electrons. The second-order valence-electron chi connectivity index (χ2n) is 14.8. The second-order valence-corrected chi connectivity index (χ2v) is 15.6. The van der Waals surface area contributed by atoms with Crippen LogP contribution in [0, 0.1) is 0 Å². The summed E-state index contributed by atoms with van der Waals surface area (Å²) in [5, 5.41) is 18.8. The molecule has 0 saturated carbocycles. The predicted molar refractivity (Wildman–Crippen MR) is 238 cm³/mol. The van der Waals surface area contributed by atoms with E-state index in [9.17, 15) is 14.4 Å². The van der Waals surface area contributed by atoms with E-state index in [1.165, 1.54) is 72.1 Å². The summed E-state index contributed by atoms with van der Waals surface area (Å²) in [7, 11) is 0. The van der Waals surface area contributed by atoms with Gasteiger partial charge in [0.2, 0.25) is 17.7 Å². The standard InChI is InChI=1S/C46H53N7O5S/c1-5-6-7-8-9-10-11-12-13-18-25-57-43-22-17-15-20-36(43)44(40-26-33-19-14-16-21-38(33)50-40)58-45-41(48-31(3)55)28-35(29-42(45)49-32(4)56)51-52-46-37-27-34(47-30(2)54)23-24-39(37)53-59-46/h14-17,19-24,27-29,44H,5-13,18,25-26H2,1-4H3,(H,47,54)(H,48,55)(H,49,56). The van der Waals surface area contributed by atoms with E-state index in [1.807, 2.05) is 42.5 Å². The van der Waals surface area contributed by atoms with Crippen molar-refractivity contribution >= 4 is 79.3 Å². The molecule has 6 rings (SSSR count). The number of hydrogen-bond acceptors (Lipinski definition) is 10. The van der Waals surface area contributed by atoms with Crippen LogP contribution in [0.2, 0.25) is 0 Å². The number of anilines is 3. The van der Waals surface area contributed by atoms with Gasteiger partial charge in [0.05, 0.1) is 40.6 Å². The molecule has 0 spiro atoms. The van der Waals surface area contributed by atoms with Crippen molar-refractivity contribution in [3.8, 4) is 11.5 Å². The average Bonchev–Trinajstić information content (AvgIpc) is 3.82. The van der Waals surface area contributed by atoms with E-state index in [2.05, 4.69) is 43.5 Å². The third-order valence-electron chi connectivity index (χ3n) is 9.85. The largest absolute Gasteiger partial charge is 0.493 e. The maximum absolute atomic E-state index is 12.7. The van der Waals surface area contributed by atoms with Gasteiger partial charge in [-0.2, -0.15) is 4.37 Å². The number of azo groups is 1. The molecule has 0 bridgehead atoms. The topological polar surface area (TPSA) is 156 Å². The van der Waals surface area contributed by atoms with Gasteiger partial charge in [-0.05, 0) is 66.0 Å². The summed E-state index contributed by atoms with van der Waals surface area (Å²) in [5.74, 6) is 0.0167. The number of fused-ring (bicyclic) bond motifs is 2. The minimum atomic E-state index is -0.750. The maximum atomic E-state index is 12.7. The highest BCUT2D eigenvalue weighted by molar-refractivity contribution is 7.11. The summed E-state index contributed by atoms with van der Waals surface area (Å²) < 4.78 is 17.9. The number of carbonyl (C=O) groups excluding carboxylic acids is 3. The van der Waals surface area contributed by atoms with E-state index in [-0.39, 0.29) is 34.8 Å². The molecule has 3 N–H and O–H groups in total. The zero-order valence-electron chi connectivity index (χ0n) is 34.3. The van der Waals surface area contributed by atoms with Gasteiger partial charge >= 0.3 is 0 Å². The first-order valence-corrected chi connectivity index (χ1v) is 21.3. The molecular formula is C46H53N7O5S. The number of hydrogen-bond donors (Lipinski definition) is 3. The highest BCUT2D eigenvalue weighted by Crippen LogP contribution is 2.44. The third-order valence-corrected chi connectivity index (χ3v) is 10.6. The van der Waals surface area contributed by atoms with Crippen LogP contribution in [0.4, 0.5) is 33.4 Å². The first-order valence-electron chi connectivity index (χ1n) is 20.5. The van der Waals surface area contributed by atoms with Gasteiger partial charge < -0.3 is 25.4 Å². The van der Waals surface area contributed by atoms with Crippen molar-refractivity contribution < 1.29 is 23.9 Å². The Kier molecular flexibility index (Phi) is 15.3. The number of para-hydroxylation sites is 2. The van der Waals surface area contributed by atoms with Crippen LogP contribution in [0.15, 0.2) is 94.1 Å². The minimum Gasteiger partial charge on any atom is -0.493 e. The molecule has 1 aliphatic heterocycles. The molecule has 0 fully saturated rings. The van der Waals surface area contributed by atoms with E-state index in [0.29, 0.717) is 46.1 Å². The Hall–Kier alpha value is -5.95. The molecule has 308 valence electrons. The first kappa shape index (κ1) is 42.7. The number of nitrogens with one attached hydrogen (secondary N) is 3. The van der Waals surface area contributed by atoms with Crippen LogP contribution in [-0.2, 0) is 20.8 Å². The van der Waals surface area contributed by atoms with Crippen molar-refractivity contribution in [3.63, 3.8) is 0 Å². The Morgan fingerprint density at radius 1 is 0.746 bits per heavy atom. The molecule has 0 saturated heterocycles. The summed E-state index contributed by atoms with van der Waals surface area (Å²) >= 11 is 1.16. The quantitative estimate of drug-likeness (QED) is 0.0494. The van der Waals surface area contributed by atoms with Crippen LogP contribution in [0.5, 0.6) is 11.5 Å². The van der Waals surface area contributed by atoms with Crippen molar-refractivity contribution in [2.75, 3.05) is 22.6 Å². The van der Waals surface area contributed by atoms with E-state index >= 15 is 0 Å². The Balaban J connectivity index is 1.29. The van der Waals surface area contributed by atoms with Crippen LogP contribution in [-0.4, -0.2) is 34.4 Å². The number of benzene rings is 4. The van der Waals surface area contributed by atoms with Gasteiger partial charge in [-0.3, -0.25) is 19.4 Å². The maximum Gasteiger partial charge on any atom is 0.221 e. The highest BCUT2D eigenvalue weighted by Gasteiger charge is 2.30. The summed E-state index contributed by atoms with van der Waals surface area (Å²) in [6.45, 7) is 7.05. The van der Waals surface area contributed by atoms with E-state index in [0.717, 1.165) is 46.9 Å². The summed E-state index contributed by atoms with van der Waals surface area (Å²) in [6.07, 6.45) is 12.1. The van der Waals surface area contributed by atoms with Crippen LogP contribution >= 0.6 is 11.5 Å². The fourth-order valence-corrected chi connectivity index (χ4v) is 7.77. The number of rotatable bonds is 21. The molecular weight excluding hydrogens is 763 g/mol. The Labute approximate surface area is 350 Å². The zero-order chi connectivity index (χ0) is 41.6. The predicted octanol–water partition coefficient (Wildman–Crippen LogP) is 12.3. The number of aromatic nitrogens is 1. The normalized spacial score (nSPS) is 12.6. The molecule has 4 aromatic carbocycles. The van der Waals surface area contributed by atoms with Gasteiger partial charge in [0.1, 0.15) is 5.75 Å². The van der Waals surface area contributed by atoms with Gasteiger partial charge in [-0.15, -0.1) is 10.2 Å². The van der Waals surface area contributed by atoms with Gasteiger partial charge in [0.25, 0.3) is 0 Å². The molecule has 1 aromatic heterocycles. The molecule has 3 amide bonds. The Morgan fingerprint density at radius 3 is 2.07 bits per heavy atom. The van der Waals surface area contributed by atoms with Crippen LogP contribution in [0.1, 0.15) is 109 Å². The van der Waals surface area contributed by atoms with Crippen molar-refractivity contribution in [1.29, 1.82) is 0 Å². The first-order chi connectivity index (χ1) is 28.7. The molecule has 5 aromatic rings. The van der Waals surface area contributed by atoms with Gasteiger partial charge in [-0.1, -0.05) is 101 Å². The number of nitrogens with zero attached hydrogens (tertiary/aromatic N) is 4. The molecule has 12 nitrogen and oxygen atoms in total. The van der Waals surface area contributed by atoms with Crippen LogP contribution < -0.4 is 25.4 Å². The van der Waals surface area contributed by atoms with Gasteiger partial charge in [0, 0.05) is 43.8 Å². The van der Waals surface area contributed by atoms with E-state index in [4.69, 9.17) is 14.5 Å². The third kappa shape index (κ3) is 12.0. The average molecular weight is 816 g/mol. The molecule has 0 aliphatic carbocycles. The lowest BCUT2D eigenvalue weighted by atomic mass is 9.99.